The van der Waals surface area contributed by atoms with Gasteiger partial charge in [-0.2, -0.15) is 26.3 Å². The molecule has 210 valence electrons. The Labute approximate surface area is 212 Å². The fourth-order valence-electron chi connectivity index (χ4n) is 4.07. The number of carboxylic acid groups (broad SMARTS) is 2. The molecule has 0 bridgehead atoms. The normalized spacial score (nSPS) is 17.2. The van der Waals surface area contributed by atoms with Gasteiger partial charge in [0, 0.05) is 38.6 Å². The van der Waals surface area contributed by atoms with Gasteiger partial charge < -0.3 is 19.5 Å². The van der Waals surface area contributed by atoms with Crippen LogP contribution in [-0.2, 0) is 16.1 Å². The molecule has 0 unspecified atom stereocenters. The summed E-state index contributed by atoms with van der Waals surface area (Å²) in [5.41, 5.74) is 2.33. The molecule has 0 atom stereocenters. The molecule has 2 aliphatic rings. The maximum atomic E-state index is 12.4. The highest BCUT2D eigenvalue weighted by Crippen LogP contribution is 2.41. The lowest BCUT2D eigenvalue weighted by atomic mass is 9.77. The Balaban J connectivity index is 0.000000301. The molecule has 38 heavy (non-hydrogen) atoms. The lowest BCUT2D eigenvalue weighted by Gasteiger charge is -2.39. The highest BCUT2D eigenvalue weighted by molar-refractivity contribution is 5.93. The zero-order valence-corrected chi connectivity index (χ0v) is 19.8. The van der Waals surface area contributed by atoms with E-state index in [1.165, 1.54) is 18.2 Å². The number of pyridine rings is 1. The van der Waals surface area contributed by atoms with E-state index < -0.39 is 24.3 Å². The van der Waals surface area contributed by atoms with Gasteiger partial charge in [0.15, 0.2) is 0 Å². The summed E-state index contributed by atoms with van der Waals surface area (Å²) >= 11 is 0. The van der Waals surface area contributed by atoms with Crippen molar-refractivity contribution in [3.8, 4) is 0 Å². The van der Waals surface area contributed by atoms with Gasteiger partial charge in [0.2, 0.25) is 0 Å². The van der Waals surface area contributed by atoms with Crippen LogP contribution in [0, 0.1) is 5.41 Å². The summed E-state index contributed by atoms with van der Waals surface area (Å²) in [7, 11) is 0. The van der Waals surface area contributed by atoms with Crippen molar-refractivity contribution in [3.63, 3.8) is 0 Å². The lowest BCUT2D eigenvalue weighted by Crippen LogP contribution is -2.44. The third-order valence-electron chi connectivity index (χ3n) is 6.01. The second kappa shape index (κ2) is 12.8. The number of alkyl halides is 6. The summed E-state index contributed by atoms with van der Waals surface area (Å²) in [6.07, 6.45) is 0.143. The van der Waals surface area contributed by atoms with E-state index in [2.05, 4.69) is 16.0 Å². The highest BCUT2D eigenvalue weighted by Gasteiger charge is 2.41. The Morgan fingerprint density at radius 3 is 1.95 bits per heavy atom. The lowest BCUT2D eigenvalue weighted by molar-refractivity contribution is -0.193. The number of aromatic nitrogens is 1. The minimum Gasteiger partial charge on any atom is -0.475 e. The first-order chi connectivity index (χ1) is 17.6. The minimum absolute atomic E-state index is 0.101. The van der Waals surface area contributed by atoms with Crippen molar-refractivity contribution in [2.75, 3.05) is 26.2 Å². The van der Waals surface area contributed by atoms with E-state index in [1.807, 2.05) is 23.4 Å². The van der Waals surface area contributed by atoms with Crippen molar-refractivity contribution < 1.29 is 55.4 Å². The number of aliphatic carboxylic acids is 2. The first kappa shape index (κ1) is 30.6. The number of carbonyl (C=O) groups excluding carboxylic acids is 1. The Kier molecular flexibility index (Phi) is 10.3. The number of likely N-dealkylation sites (tertiary alicyclic amines) is 2. The van der Waals surface area contributed by atoms with E-state index in [0.29, 0.717) is 11.0 Å². The van der Waals surface area contributed by atoms with Crippen molar-refractivity contribution in [2.45, 2.75) is 38.2 Å². The number of piperidine rings is 1. The van der Waals surface area contributed by atoms with Crippen molar-refractivity contribution in [1.29, 1.82) is 0 Å². The van der Waals surface area contributed by atoms with Crippen LogP contribution in [0.4, 0.5) is 26.3 Å². The third kappa shape index (κ3) is 9.36. The van der Waals surface area contributed by atoms with Crippen LogP contribution in [0.2, 0.25) is 0 Å². The molecule has 2 aliphatic heterocycles. The zero-order valence-electron chi connectivity index (χ0n) is 19.8. The second-order valence-electron chi connectivity index (χ2n) is 8.73. The molecule has 2 aromatic heterocycles. The summed E-state index contributed by atoms with van der Waals surface area (Å²) in [5.74, 6) is -5.41. The number of carboxylic acids is 2. The van der Waals surface area contributed by atoms with Gasteiger partial charge in [-0.1, -0.05) is 6.07 Å². The number of carbonyl (C=O) groups is 3. The van der Waals surface area contributed by atoms with Crippen LogP contribution in [0.3, 0.4) is 0 Å². The number of halogens is 6. The Hall–Kier alpha value is -3.62. The topological polar surface area (TPSA) is 124 Å². The predicted octanol–water partition coefficient (Wildman–Crippen LogP) is 4.07. The maximum Gasteiger partial charge on any atom is 0.490 e. The molecule has 4 rings (SSSR count). The molecule has 0 aromatic carbocycles. The highest BCUT2D eigenvalue weighted by atomic mass is 19.4. The van der Waals surface area contributed by atoms with Gasteiger partial charge in [0.25, 0.3) is 5.91 Å². The van der Waals surface area contributed by atoms with Gasteiger partial charge in [-0.25, -0.2) is 9.59 Å². The Morgan fingerprint density at radius 2 is 1.50 bits per heavy atom. The van der Waals surface area contributed by atoms with E-state index in [-0.39, 0.29) is 5.91 Å². The maximum absolute atomic E-state index is 12.4. The number of nitrogens with zero attached hydrogens (tertiary/aromatic N) is 3. The third-order valence-corrected chi connectivity index (χ3v) is 6.01. The van der Waals surface area contributed by atoms with Gasteiger partial charge in [0.05, 0.1) is 11.8 Å². The molecule has 1 spiro atoms. The van der Waals surface area contributed by atoms with Gasteiger partial charge in [-0.3, -0.25) is 14.7 Å². The predicted molar refractivity (Wildman–Crippen MR) is 118 cm³/mol. The monoisotopic (exact) mass is 553 g/mol. The Morgan fingerprint density at radius 1 is 0.947 bits per heavy atom. The fraction of sp³-hybridized carbons (Fsp3) is 0.478. The molecule has 0 saturated carbocycles. The molecule has 2 saturated heterocycles. The molecule has 2 fully saturated rings. The Bertz CT molecular complexity index is 1030. The van der Waals surface area contributed by atoms with Crippen LogP contribution in [0.5, 0.6) is 0 Å². The molecule has 0 radical (unpaired) electrons. The molecular weight excluding hydrogens is 528 g/mol. The summed E-state index contributed by atoms with van der Waals surface area (Å²) in [4.78, 5) is 38.9. The fourth-order valence-corrected chi connectivity index (χ4v) is 4.07. The van der Waals surface area contributed by atoms with E-state index in [9.17, 15) is 31.1 Å². The molecule has 15 heteroatoms. The van der Waals surface area contributed by atoms with E-state index in [1.54, 1.807) is 12.3 Å². The van der Waals surface area contributed by atoms with Gasteiger partial charge in [-0.05, 0) is 48.9 Å². The van der Waals surface area contributed by atoms with Crippen LogP contribution in [-0.4, -0.2) is 81.4 Å². The molecule has 0 aliphatic carbocycles. The van der Waals surface area contributed by atoms with Gasteiger partial charge in [0.1, 0.15) is 6.26 Å². The summed E-state index contributed by atoms with van der Waals surface area (Å²) < 4.78 is 68.5. The number of rotatable bonds is 3. The number of furan rings is 1. The van der Waals surface area contributed by atoms with Crippen LogP contribution >= 0.6 is 0 Å². The minimum atomic E-state index is -5.08. The smallest absolute Gasteiger partial charge is 0.475 e. The van der Waals surface area contributed by atoms with Crippen molar-refractivity contribution >= 4 is 17.8 Å². The van der Waals surface area contributed by atoms with Crippen LogP contribution in [0.15, 0.2) is 47.5 Å². The van der Waals surface area contributed by atoms with E-state index in [0.717, 1.165) is 45.6 Å². The molecular formula is C23H25F6N3O6. The van der Waals surface area contributed by atoms with Crippen LogP contribution in [0.25, 0.3) is 0 Å². The van der Waals surface area contributed by atoms with Crippen molar-refractivity contribution in [1.82, 2.24) is 14.8 Å². The first-order valence-electron chi connectivity index (χ1n) is 11.2. The average molecular weight is 553 g/mol. The van der Waals surface area contributed by atoms with Crippen LogP contribution < -0.4 is 0 Å². The number of hydrogen-bond acceptors (Lipinski definition) is 6. The molecule has 1 amide bonds. The molecule has 4 heterocycles. The SMILES string of the molecule is O=C(O)C(F)(F)F.O=C(O)C(F)(F)F.O=C(c1ccoc1)N1CCC2(CCN(Cc3cccnc3)C2)CC1. The molecule has 2 aromatic rings. The molecule has 2 N–H and O–H groups in total. The first-order valence-corrected chi connectivity index (χ1v) is 11.2. The van der Waals surface area contributed by atoms with Gasteiger partial charge >= 0.3 is 24.3 Å². The zero-order chi connectivity index (χ0) is 28.6. The largest absolute Gasteiger partial charge is 0.490 e. The quantitative estimate of drug-likeness (QED) is 0.546. The second-order valence-corrected chi connectivity index (χ2v) is 8.73. The summed E-state index contributed by atoms with van der Waals surface area (Å²) in [5, 5.41) is 14.2. The van der Waals surface area contributed by atoms with Gasteiger partial charge in [-0.15, -0.1) is 0 Å². The molecule has 9 nitrogen and oxygen atoms in total. The van der Waals surface area contributed by atoms with E-state index >= 15 is 0 Å². The number of amides is 1. The summed E-state index contributed by atoms with van der Waals surface area (Å²) in [6, 6.07) is 5.89. The van der Waals surface area contributed by atoms with Crippen LogP contribution in [0.1, 0.15) is 35.2 Å². The van der Waals surface area contributed by atoms with Crippen molar-refractivity contribution in [3.05, 3.63) is 54.2 Å². The standard InChI is InChI=1S/C19H23N3O2.2C2HF3O2/c23-18(17-3-11-24-14-17)22-9-5-19(6-10-22)4-8-21(15-19)13-16-2-1-7-20-12-16;2*3-2(4,5)1(6)7/h1-3,7,11-12,14H,4-6,8-10,13,15H2;2*(H,6,7). The summed E-state index contributed by atoms with van der Waals surface area (Å²) in [6.45, 7) is 4.96. The van der Waals surface area contributed by atoms with Crippen molar-refractivity contribution in [2.24, 2.45) is 5.41 Å². The van der Waals surface area contributed by atoms with E-state index in [4.69, 9.17) is 24.2 Å². The average Bonchev–Trinajstić information content (AvgIpc) is 3.50. The number of hydrogen-bond donors (Lipinski definition) is 2.